The first-order chi connectivity index (χ1) is 11.6. The highest BCUT2D eigenvalue weighted by atomic mass is 32.2. The summed E-state index contributed by atoms with van der Waals surface area (Å²) in [4.78, 5) is 12.3. The number of amides is 1. The molecular formula is C18H17N3O2S. The van der Waals surface area contributed by atoms with E-state index in [0.717, 1.165) is 16.8 Å². The van der Waals surface area contributed by atoms with E-state index in [1.165, 1.54) is 11.8 Å². The fraction of sp³-hybridized carbons (Fsp3) is 0.167. The minimum atomic E-state index is -0.352. The maximum Gasteiger partial charge on any atom is 0.277 e. The average molecular weight is 339 g/mol. The maximum atomic E-state index is 12.3. The van der Waals surface area contributed by atoms with Gasteiger partial charge in [-0.15, -0.1) is 10.2 Å². The van der Waals surface area contributed by atoms with E-state index in [9.17, 15) is 4.79 Å². The van der Waals surface area contributed by atoms with Gasteiger partial charge in [0.25, 0.3) is 5.22 Å². The molecule has 0 unspecified atom stereocenters. The van der Waals surface area contributed by atoms with Gasteiger partial charge in [0.2, 0.25) is 11.8 Å². The molecule has 1 aromatic heterocycles. The normalized spacial score (nSPS) is 11.9. The minimum Gasteiger partial charge on any atom is -0.411 e. The number of nitrogens with zero attached hydrogens (tertiary/aromatic N) is 2. The molecule has 0 spiro atoms. The van der Waals surface area contributed by atoms with Gasteiger partial charge < -0.3 is 9.73 Å². The topological polar surface area (TPSA) is 68.0 Å². The molecule has 2 aromatic carbocycles. The first-order valence-corrected chi connectivity index (χ1v) is 8.43. The van der Waals surface area contributed by atoms with Crippen LogP contribution in [0.5, 0.6) is 0 Å². The number of rotatable bonds is 5. The Morgan fingerprint density at radius 1 is 1.08 bits per heavy atom. The third kappa shape index (κ3) is 4.02. The predicted octanol–water partition coefficient (Wildman–Crippen LogP) is 4.16. The highest BCUT2D eigenvalue weighted by Gasteiger charge is 2.18. The van der Waals surface area contributed by atoms with E-state index in [1.54, 1.807) is 6.92 Å². The van der Waals surface area contributed by atoms with Gasteiger partial charge >= 0.3 is 0 Å². The molecule has 6 heteroatoms. The molecule has 0 aliphatic carbocycles. The van der Waals surface area contributed by atoms with Gasteiger partial charge in [0.1, 0.15) is 0 Å². The van der Waals surface area contributed by atoms with Crippen molar-refractivity contribution in [3.05, 3.63) is 60.2 Å². The Morgan fingerprint density at radius 3 is 2.50 bits per heavy atom. The molecule has 24 heavy (non-hydrogen) atoms. The molecule has 1 atom stereocenters. The highest BCUT2D eigenvalue weighted by molar-refractivity contribution is 8.00. The van der Waals surface area contributed by atoms with Gasteiger partial charge in [-0.25, -0.2) is 0 Å². The van der Waals surface area contributed by atoms with Gasteiger partial charge in [-0.2, -0.15) is 0 Å². The summed E-state index contributed by atoms with van der Waals surface area (Å²) >= 11 is 1.24. The van der Waals surface area contributed by atoms with E-state index in [1.807, 2.05) is 61.5 Å². The van der Waals surface area contributed by atoms with Crippen molar-refractivity contribution in [3.8, 4) is 11.5 Å². The summed E-state index contributed by atoms with van der Waals surface area (Å²) in [5, 5.41) is 10.9. The standard InChI is InChI=1S/C18H17N3O2S/c1-12-8-10-15(11-9-12)19-16(22)13(2)24-18-21-20-17(23-18)14-6-4-3-5-7-14/h3-11,13H,1-2H3,(H,19,22)/t13-/m0/s1. The minimum absolute atomic E-state index is 0.108. The zero-order valence-corrected chi connectivity index (χ0v) is 14.2. The number of hydrogen-bond acceptors (Lipinski definition) is 5. The zero-order chi connectivity index (χ0) is 16.9. The van der Waals surface area contributed by atoms with Crippen molar-refractivity contribution in [1.29, 1.82) is 0 Å². The van der Waals surface area contributed by atoms with Crippen molar-refractivity contribution in [2.24, 2.45) is 0 Å². The molecule has 0 aliphatic rings. The molecular weight excluding hydrogens is 322 g/mol. The van der Waals surface area contributed by atoms with Crippen LogP contribution in [0.4, 0.5) is 5.69 Å². The third-order valence-corrected chi connectivity index (χ3v) is 4.33. The average Bonchev–Trinajstić information content (AvgIpc) is 3.06. The monoisotopic (exact) mass is 339 g/mol. The van der Waals surface area contributed by atoms with Gasteiger partial charge in [0, 0.05) is 11.3 Å². The van der Waals surface area contributed by atoms with Crippen LogP contribution in [0.2, 0.25) is 0 Å². The Balaban J connectivity index is 1.62. The maximum absolute atomic E-state index is 12.3. The van der Waals surface area contributed by atoms with E-state index in [0.29, 0.717) is 11.1 Å². The summed E-state index contributed by atoms with van der Waals surface area (Å²) in [6.45, 7) is 3.81. The van der Waals surface area contributed by atoms with E-state index < -0.39 is 0 Å². The predicted molar refractivity (Wildman–Crippen MR) is 94.9 cm³/mol. The molecule has 1 heterocycles. The lowest BCUT2D eigenvalue weighted by atomic mass is 10.2. The Kier molecular flexibility index (Phi) is 4.96. The fourth-order valence-corrected chi connectivity index (χ4v) is 2.72. The van der Waals surface area contributed by atoms with Crippen LogP contribution in [0.25, 0.3) is 11.5 Å². The van der Waals surface area contributed by atoms with E-state index in [-0.39, 0.29) is 11.2 Å². The number of thioether (sulfide) groups is 1. The third-order valence-electron chi connectivity index (χ3n) is 3.39. The van der Waals surface area contributed by atoms with Crippen molar-refractivity contribution < 1.29 is 9.21 Å². The molecule has 1 N–H and O–H groups in total. The summed E-state index contributed by atoms with van der Waals surface area (Å²) in [6.07, 6.45) is 0. The van der Waals surface area contributed by atoms with Crippen molar-refractivity contribution in [3.63, 3.8) is 0 Å². The van der Waals surface area contributed by atoms with E-state index >= 15 is 0 Å². The first kappa shape index (κ1) is 16.3. The lowest BCUT2D eigenvalue weighted by Crippen LogP contribution is -2.22. The highest BCUT2D eigenvalue weighted by Crippen LogP contribution is 2.26. The van der Waals surface area contributed by atoms with Crippen LogP contribution in [0.3, 0.4) is 0 Å². The fourth-order valence-electron chi connectivity index (χ4n) is 2.04. The van der Waals surface area contributed by atoms with Crippen LogP contribution in [0.15, 0.2) is 64.2 Å². The number of nitrogens with one attached hydrogen (secondary N) is 1. The van der Waals surface area contributed by atoms with Crippen LogP contribution < -0.4 is 5.32 Å². The zero-order valence-electron chi connectivity index (χ0n) is 13.4. The molecule has 0 radical (unpaired) electrons. The molecule has 0 saturated carbocycles. The number of carbonyl (C=O) groups is 1. The van der Waals surface area contributed by atoms with Crippen LogP contribution in [0.1, 0.15) is 12.5 Å². The molecule has 1 amide bonds. The molecule has 122 valence electrons. The molecule has 3 rings (SSSR count). The van der Waals surface area contributed by atoms with Crippen LogP contribution in [-0.2, 0) is 4.79 Å². The molecule has 3 aromatic rings. The lowest BCUT2D eigenvalue weighted by Gasteiger charge is -2.09. The molecule has 5 nitrogen and oxygen atoms in total. The first-order valence-electron chi connectivity index (χ1n) is 7.55. The molecule has 0 bridgehead atoms. The second kappa shape index (κ2) is 7.31. The van der Waals surface area contributed by atoms with Gasteiger partial charge in [0.15, 0.2) is 0 Å². The van der Waals surface area contributed by atoms with Crippen molar-refractivity contribution in [2.75, 3.05) is 5.32 Å². The molecule has 0 aliphatic heterocycles. The number of aryl methyl sites for hydroxylation is 1. The Bertz CT molecular complexity index is 816. The number of carbonyl (C=O) groups excluding carboxylic acids is 1. The Hall–Kier alpha value is -2.60. The Labute approximate surface area is 144 Å². The number of hydrogen-bond donors (Lipinski definition) is 1. The van der Waals surface area contributed by atoms with Crippen molar-refractivity contribution >= 4 is 23.4 Å². The van der Waals surface area contributed by atoms with Gasteiger partial charge in [-0.05, 0) is 38.1 Å². The second-order valence-electron chi connectivity index (χ2n) is 5.35. The van der Waals surface area contributed by atoms with E-state index in [4.69, 9.17) is 4.42 Å². The largest absolute Gasteiger partial charge is 0.411 e. The summed E-state index contributed by atoms with van der Waals surface area (Å²) in [5.41, 5.74) is 2.77. The molecule has 0 saturated heterocycles. The number of anilines is 1. The lowest BCUT2D eigenvalue weighted by molar-refractivity contribution is -0.115. The summed E-state index contributed by atoms with van der Waals surface area (Å²) in [5.74, 6) is 0.340. The summed E-state index contributed by atoms with van der Waals surface area (Å²) in [7, 11) is 0. The second-order valence-corrected chi connectivity index (χ2v) is 6.65. The quantitative estimate of drug-likeness (QED) is 0.707. The van der Waals surface area contributed by atoms with Crippen molar-refractivity contribution in [2.45, 2.75) is 24.3 Å². The molecule has 0 fully saturated rings. The summed E-state index contributed by atoms with van der Waals surface area (Å²) in [6, 6.07) is 17.2. The van der Waals surface area contributed by atoms with Gasteiger partial charge in [-0.3, -0.25) is 4.79 Å². The number of benzene rings is 2. The van der Waals surface area contributed by atoms with Crippen LogP contribution >= 0.6 is 11.8 Å². The van der Waals surface area contributed by atoms with E-state index in [2.05, 4.69) is 15.5 Å². The van der Waals surface area contributed by atoms with Gasteiger partial charge in [-0.1, -0.05) is 47.7 Å². The smallest absolute Gasteiger partial charge is 0.277 e. The Morgan fingerprint density at radius 2 is 1.79 bits per heavy atom. The van der Waals surface area contributed by atoms with Crippen LogP contribution in [0, 0.1) is 6.92 Å². The number of aromatic nitrogens is 2. The van der Waals surface area contributed by atoms with Gasteiger partial charge in [0.05, 0.1) is 5.25 Å². The van der Waals surface area contributed by atoms with Crippen molar-refractivity contribution in [1.82, 2.24) is 10.2 Å². The SMILES string of the molecule is Cc1ccc(NC(=O)[C@H](C)Sc2nnc(-c3ccccc3)o2)cc1. The summed E-state index contributed by atoms with van der Waals surface area (Å²) < 4.78 is 5.62. The van der Waals surface area contributed by atoms with Crippen LogP contribution in [-0.4, -0.2) is 21.4 Å².